The molecule has 0 aliphatic carbocycles. The van der Waals surface area contributed by atoms with Crippen LogP contribution >= 0.6 is 0 Å². The van der Waals surface area contributed by atoms with Crippen molar-refractivity contribution in [3.05, 3.63) is 99.0 Å². The zero-order valence-electron chi connectivity index (χ0n) is 16.4. The van der Waals surface area contributed by atoms with Crippen LogP contribution in [0.5, 0.6) is 0 Å². The van der Waals surface area contributed by atoms with E-state index < -0.39 is 5.69 Å². The Bertz CT molecular complexity index is 1200. The average molecular weight is 390 g/mol. The fraction of sp³-hybridized carbons (Fsp3) is 0.227. The summed E-state index contributed by atoms with van der Waals surface area (Å²) >= 11 is 0. The lowest BCUT2D eigenvalue weighted by Crippen LogP contribution is -2.37. The third-order valence-corrected chi connectivity index (χ3v) is 5.04. The molecule has 2 heterocycles. The lowest BCUT2D eigenvalue weighted by molar-refractivity contribution is 0.0743. The maximum absolute atomic E-state index is 12.6. The van der Waals surface area contributed by atoms with Gasteiger partial charge in [0.15, 0.2) is 11.2 Å². The summed E-state index contributed by atoms with van der Waals surface area (Å²) in [4.78, 5) is 28.9. The van der Waals surface area contributed by atoms with Crippen LogP contribution in [0.3, 0.4) is 0 Å². The third-order valence-electron chi connectivity index (χ3n) is 5.04. The first-order valence-electron chi connectivity index (χ1n) is 9.40. The van der Waals surface area contributed by atoms with Gasteiger partial charge in [-0.2, -0.15) is 0 Å². The Hall–Kier alpha value is -3.45. The number of benzene rings is 2. The Morgan fingerprint density at radius 1 is 0.897 bits per heavy atom. The quantitative estimate of drug-likeness (QED) is 0.506. The summed E-state index contributed by atoms with van der Waals surface area (Å²) in [6.45, 7) is 0.825. The minimum Gasteiger partial charge on any atom is -0.367 e. The molecular weight excluding hydrogens is 368 g/mol. The molecule has 0 saturated heterocycles. The van der Waals surface area contributed by atoms with Crippen LogP contribution in [-0.2, 0) is 25.4 Å². The van der Waals surface area contributed by atoms with Gasteiger partial charge >= 0.3 is 5.69 Å². The lowest BCUT2D eigenvalue weighted by atomic mass is 10.0. The Kier molecular flexibility index (Phi) is 5.14. The second kappa shape index (κ2) is 7.89. The van der Waals surface area contributed by atoms with Crippen molar-refractivity contribution in [3.63, 3.8) is 0 Å². The van der Waals surface area contributed by atoms with Gasteiger partial charge in [-0.25, -0.2) is 9.78 Å². The molecule has 4 rings (SSSR count). The van der Waals surface area contributed by atoms with Crippen LogP contribution in [0.1, 0.15) is 17.2 Å². The van der Waals surface area contributed by atoms with Gasteiger partial charge in [0.2, 0.25) is 0 Å². The molecule has 7 heteroatoms. The Morgan fingerprint density at radius 2 is 1.48 bits per heavy atom. The van der Waals surface area contributed by atoms with Gasteiger partial charge in [-0.05, 0) is 11.1 Å². The highest BCUT2D eigenvalue weighted by Crippen LogP contribution is 2.25. The van der Waals surface area contributed by atoms with Gasteiger partial charge in [0.25, 0.3) is 5.56 Å². The van der Waals surface area contributed by atoms with Gasteiger partial charge in [0, 0.05) is 20.6 Å². The molecule has 4 aromatic rings. The SMILES string of the molecule is Cn1c(=O)c2c(ncn2CCOC(c2ccccc2)c2ccccc2)n(C)c1=O. The highest BCUT2D eigenvalue weighted by Gasteiger charge is 2.16. The van der Waals surface area contributed by atoms with Crippen LogP contribution < -0.4 is 11.2 Å². The van der Waals surface area contributed by atoms with Crippen molar-refractivity contribution < 1.29 is 4.74 Å². The normalized spacial score (nSPS) is 11.4. The Balaban J connectivity index is 1.60. The van der Waals surface area contributed by atoms with E-state index in [1.54, 1.807) is 17.9 Å². The zero-order chi connectivity index (χ0) is 20.4. The van der Waals surface area contributed by atoms with Crippen molar-refractivity contribution in [2.75, 3.05) is 6.61 Å². The number of hydrogen-bond acceptors (Lipinski definition) is 4. The van der Waals surface area contributed by atoms with Gasteiger partial charge < -0.3 is 9.30 Å². The fourth-order valence-electron chi connectivity index (χ4n) is 3.48. The molecule has 29 heavy (non-hydrogen) atoms. The van der Waals surface area contributed by atoms with Crippen LogP contribution in [0.15, 0.2) is 76.6 Å². The Morgan fingerprint density at radius 3 is 2.07 bits per heavy atom. The summed E-state index contributed by atoms with van der Waals surface area (Å²) in [5, 5.41) is 0. The largest absolute Gasteiger partial charge is 0.367 e. The highest BCUT2D eigenvalue weighted by atomic mass is 16.5. The smallest absolute Gasteiger partial charge is 0.332 e. The van der Waals surface area contributed by atoms with Crippen molar-refractivity contribution in [3.8, 4) is 0 Å². The van der Waals surface area contributed by atoms with E-state index in [1.165, 1.54) is 11.6 Å². The summed E-state index contributed by atoms with van der Waals surface area (Å²) < 4.78 is 10.4. The number of aromatic nitrogens is 4. The van der Waals surface area contributed by atoms with Crippen LogP contribution in [0, 0.1) is 0 Å². The summed E-state index contributed by atoms with van der Waals surface area (Å²) in [5.74, 6) is 0. The zero-order valence-corrected chi connectivity index (χ0v) is 16.4. The van der Waals surface area contributed by atoms with Gasteiger partial charge in [-0.1, -0.05) is 60.7 Å². The first kappa shape index (κ1) is 18.9. The van der Waals surface area contributed by atoms with Crippen molar-refractivity contribution >= 4 is 11.2 Å². The third kappa shape index (κ3) is 3.52. The highest BCUT2D eigenvalue weighted by molar-refractivity contribution is 5.69. The lowest BCUT2D eigenvalue weighted by Gasteiger charge is -2.19. The van der Waals surface area contributed by atoms with E-state index in [1.807, 2.05) is 60.7 Å². The number of aryl methyl sites for hydroxylation is 1. The minimum atomic E-state index is -0.391. The molecular formula is C22H22N4O3. The molecule has 0 bridgehead atoms. The van der Waals surface area contributed by atoms with Crippen LogP contribution in [0.25, 0.3) is 11.2 Å². The molecule has 0 spiro atoms. The molecule has 148 valence electrons. The second-order valence-corrected chi connectivity index (χ2v) is 6.89. The Labute approximate surface area is 167 Å². The number of rotatable bonds is 6. The number of nitrogens with zero attached hydrogens (tertiary/aromatic N) is 4. The molecule has 0 atom stereocenters. The number of hydrogen-bond donors (Lipinski definition) is 0. The molecule has 0 amide bonds. The first-order chi connectivity index (χ1) is 14.1. The van der Waals surface area contributed by atoms with Crippen molar-refractivity contribution in [1.29, 1.82) is 0 Å². The molecule has 7 nitrogen and oxygen atoms in total. The topological polar surface area (TPSA) is 71.0 Å². The molecule has 0 unspecified atom stereocenters. The van der Waals surface area contributed by atoms with Gasteiger partial charge in [0.1, 0.15) is 6.10 Å². The molecule has 0 aliphatic rings. The summed E-state index contributed by atoms with van der Waals surface area (Å²) in [5.41, 5.74) is 2.15. The van der Waals surface area contributed by atoms with Crippen LogP contribution in [-0.4, -0.2) is 25.3 Å². The number of fused-ring (bicyclic) bond motifs is 1. The molecule has 0 fully saturated rings. The van der Waals surface area contributed by atoms with Crippen LogP contribution in [0.2, 0.25) is 0 Å². The molecule has 2 aromatic carbocycles. The summed E-state index contributed by atoms with van der Waals surface area (Å²) in [7, 11) is 3.08. The number of ether oxygens (including phenoxy) is 1. The summed E-state index contributed by atoms with van der Waals surface area (Å²) in [6.07, 6.45) is 1.37. The number of imidazole rings is 1. The monoisotopic (exact) mass is 390 g/mol. The van der Waals surface area contributed by atoms with Gasteiger partial charge in [0.05, 0.1) is 12.9 Å². The van der Waals surface area contributed by atoms with E-state index in [0.29, 0.717) is 24.3 Å². The molecule has 0 aliphatic heterocycles. The predicted octanol–water partition coefficient (Wildman–Crippen LogP) is 2.24. The molecule has 0 saturated carbocycles. The van der Waals surface area contributed by atoms with Gasteiger partial charge in [-0.15, -0.1) is 0 Å². The minimum absolute atomic E-state index is 0.209. The standard InChI is InChI=1S/C22H22N4O3/c1-24-20-18(21(27)25(2)22(24)28)26(15-23-20)13-14-29-19(16-9-5-3-6-10-16)17-11-7-4-8-12-17/h3-12,15,19H,13-14H2,1-2H3. The fourth-order valence-corrected chi connectivity index (χ4v) is 3.48. The van der Waals surface area contributed by atoms with E-state index in [2.05, 4.69) is 4.98 Å². The summed E-state index contributed by atoms with van der Waals surface area (Å²) in [6, 6.07) is 20.1. The average Bonchev–Trinajstić information content (AvgIpc) is 3.19. The maximum Gasteiger partial charge on any atom is 0.332 e. The first-order valence-corrected chi connectivity index (χ1v) is 9.40. The van der Waals surface area contributed by atoms with Crippen molar-refractivity contribution in [1.82, 2.24) is 18.7 Å². The predicted molar refractivity (Wildman–Crippen MR) is 111 cm³/mol. The van der Waals surface area contributed by atoms with E-state index >= 15 is 0 Å². The maximum atomic E-state index is 12.6. The van der Waals surface area contributed by atoms with Crippen LogP contribution in [0.4, 0.5) is 0 Å². The van der Waals surface area contributed by atoms with E-state index in [9.17, 15) is 9.59 Å². The van der Waals surface area contributed by atoms with Crippen molar-refractivity contribution in [2.24, 2.45) is 14.1 Å². The van der Waals surface area contributed by atoms with E-state index in [4.69, 9.17) is 4.74 Å². The molecule has 0 radical (unpaired) electrons. The van der Waals surface area contributed by atoms with Crippen molar-refractivity contribution in [2.45, 2.75) is 12.6 Å². The van der Waals surface area contributed by atoms with E-state index in [0.717, 1.165) is 15.7 Å². The van der Waals surface area contributed by atoms with Gasteiger partial charge in [-0.3, -0.25) is 13.9 Å². The molecule has 2 aromatic heterocycles. The second-order valence-electron chi connectivity index (χ2n) is 6.89. The van der Waals surface area contributed by atoms with E-state index in [-0.39, 0.29) is 11.7 Å². The molecule has 0 N–H and O–H groups in total.